The number of halogens is 3. The summed E-state index contributed by atoms with van der Waals surface area (Å²) in [5, 5.41) is 3.05. The summed E-state index contributed by atoms with van der Waals surface area (Å²) >= 11 is 0. The van der Waals surface area contributed by atoms with Gasteiger partial charge in [0.1, 0.15) is 11.3 Å². The second kappa shape index (κ2) is 5.69. The van der Waals surface area contributed by atoms with E-state index in [9.17, 15) is 13.2 Å². The molecule has 0 saturated heterocycles. The maximum absolute atomic E-state index is 14.0. The van der Waals surface area contributed by atoms with Crippen LogP contribution in [0.1, 0.15) is 38.8 Å². The van der Waals surface area contributed by atoms with Crippen molar-refractivity contribution in [3.8, 4) is 0 Å². The number of benzene rings is 1. The predicted molar refractivity (Wildman–Crippen MR) is 74.5 cm³/mol. The Morgan fingerprint density at radius 3 is 2.45 bits per heavy atom. The SMILES string of the molecule is CCCNc1cc(C(C)C)nc2c(F)c(F)cc(F)c12. The van der Waals surface area contributed by atoms with Crippen molar-refractivity contribution >= 4 is 16.6 Å². The summed E-state index contributed by atoms with van der Waals surface area (Å²) in [4.78, 5) is 4.07. The Balaban J connectivity index is 2.77. The summed E-state index contributed by atoms with van der Waals surface area (Å²) in [5.41, 5.74) is 0.796. The first kappa shape index (κ1) is 14.6. The minimum Gasteiger partial charge on any atom is -0.384 e. The maximum Gasteiger partial charge on any atom is 0.185 e. The summed E-state index contributed by atoms with van der Waals surface area (Å²) in [6.07, 6.45) is 0.839. The molecule has 0 aliphatic carbocycles. The molecule has 2 rings (SSSR count). The normalized spacial score (nSPS) is 11.3. The van der Waals surface area contributed by atoms with Gasteiger partial charge in [-0.1, -0.05) is 20.8 Å². The van der Waals surface area contributed by atoms with Crippen LogP contribution in [0.25, 0.3) is 10.9 Å². The molecule has 0 radical (unpaired) electrons. The van der Waals surface area contributed by atoms with Crippen molar-refractivity contribution < 1.29 is 13.2 Å². The second-order valence-corrected chi connectivity index (χ2v) is 5.05. The van der Waals surface area contributed by atoms with E-state index in [0.29, 0.717) is 24.0 Å². The number of hydrogen-bond donors (Lipinski definition) is 1. The molecule has 2 aromatic rings. The number of nitrogens with zero attached hydrogens (tertiary/aromatic N) is 1. The zero-order chi connectivity index (χ0) is 14.9. The number of rotatable bonds is 4. The summed E-state index contributed by atoms with van der Waals surface area (Å²) in [6, 6.07) is 2.26. The largest absolute Gasteiger partial charge is 0.384 e. The molecule has 0 amide bonds. The van der Waals surface area contributed by atoms with Crippen molar-refractivity contribution in [1.82, 2.24) is 4.98 Å². The molecule has 1 aromatic heterocycles. The molecule has 0 aliphatic heterocycles. The van der Waals surface area contributed by atoms with Crippen LogP contribution in [0.3, 0.4) is 0 Å². The van der Waals surface area contributed by atoms with Crippen LogP contribution in [-0.4, -0.2) is 11.5 Å². The Morgan fingerprint density at radius 2 is 1.85 bits per heavy atom. The van der Waals surface area contributed by atoms with Gasteiger partial charge in [-0.05, 0) is 18.4 Å². The van der Waals surface area contributed by atoms with E-state index < -0.39 is 17.5 Å². The molecule has 0 spiro atoms. The summed E-state index contributed by atoms with van der Waals surface area (Å²) in [7, 11) is 0. The monoisotopic (exact) mass is 282 g/mol. The molecule has 1 N–H and O–H groups in total. The Hall–Kier alpha value is -1.78. The van der Waals surface area contributed by atoms with Crippen LogP contribution in [0.4, 0.5) is 18.9 Å². The van der Waals surface area contributed by atoms with E-state index in [0.717, 1.165) is 6.42 Å². The van der Waals surface area contributed by atoms with Crippen LogP contribution in [0, 0.1) is 17.5 Å². The van der Waals surface area contributed by atoms with Crippen LogP contribution in [-0.2, 0) is 0 Å². The topological polar surface area (TPSA) is 24.9 Å². The minimum atomic E-state index is -1.22. The van der Waals surface area contributed by atoms with Crippen LogP contribution < -0.4 is 5.32 Å². The quantitative estimate of drug-likeness (QED) is 0.829. The number of pyridine rings is 1. The lowest BCUT2D eigenvalue weighted by molar-refractivity contribution is 0.503. The van der Waals surface area contributed by atoms with Crippen molar-refractivity contribution in [2.24, 2.45) is 0 Å². The van der Waals surface area contributed by atoms with Gasteiger partial charge >= 0.3 is 0 Å². The molecule has 2 nitrogen and oxygen atoms in total. The highest BCUT2D eigenvalue weighted by Gasteiger charge is 2.18. The smallest absolute Gasteiger partial charge is 0.185 e. The first-order valence-corrected chi connectivity index (χ1v) is 6.67. The Bertz CT molecular complexity index is 639. The van der Waals surface area contributed by atoms with Crippen LogP contribution in [0.15, 0.2) is 12.1 Å². The molecule has 0 atom stereocenters. The van der Waals surface area contributed by atoms with Crippen molar-refractivity contribution in [2.75, 3.05) is 11.9 Å². The molecule has 0 saturated carbocycles. The molecule has 108 valence electrons. The van der Waals surface area contributed by atoms with E-state index in [4.69, 9.17) is 0 Å². The van der Waals surface area contributed by atoms with E-state index in [-0.39, 0.29) is 16.8 Å². The molecule has 1 aromatic carbocycles. The highest BCUT2D eigenvalue weighted by atomic mass is 19.2. The van der Waals surface area contributed by atoms with Gasteiger partial charge in [0.15, 0.2) is 11.6 Å². The number of hydrogen-bond acceptors (Lipinski definition) is 2. The van der Waals surface area contributed by atoms with Gasteiger partial charge in [0.05, 0.1) is 5.39 Å². The fourth-order valence-electron chi connectivity index (χ4n) is 2.02. The van der Waals surface area contributed by atoms with E-state index in [1.165, 1.54) is 0 Å². The molecule has 1 heterocycles. The highest BCUT2D eigenvalue weighted by molar-refractivity contribution is 5.92. The highest BCUT2D eigenvalue weighted by Crippen LogP contribution is 2.31. The fourth-order valence-corrected chi connectivity index (χ4v) is 2.02. The van der Waals surface area contributed by atoms with Crippen molar-refractivity contribution in [3.05, 3.63) is 35.3 Å². The van der Waals surface area contributed by atoms with Crippen LogP contribution in [0.2, 0.25) is 0 Å². The Morgan fingerprint density at radius 1 is 1.15 bits per heavy atom. The third-order valence-electron chi connectivity index (χ3n) is 3.11. The minimum absolute atomic E-state index is 0.00162. The predicted octanol–water partition coefficient (Wildman–Crippen LogP) is 4.60. The molecule has 0 unspecified atom stereocenters. The molecular formula is C15H17F3N2. The lowest BCUT2D eigenvalue weighted by Gasteiger charge is -2.14. The van der Waals surface area contributed by atoms with E-state index in [1.54, 1.807) is 6.07 Å². The van der Waals surface area contributed by atoms with E-state index in [1.807, 2.05) is 20.8 Å². The first-order valence-electron chi connectivity index (χ1n) is 6.67. The number of anilines is 1. The second-order valence-electron chi connectivity index (χ2n) is 5.05. The Kier molecular flexibility index (Phi) is 4.16. The average Bonchev–Trinajstić information content (AvgIpc) is 2.41. The third-order valence-corrected chi connectivity index (χ3v) is 3.11. The molecule has 0 aliphatic rings. The average molecular weight is 282 g/mol. The zero-order valence-electron chi connectivity index (χ0n) is 11.7. The molecule has 0 fully saturated rings. The third kappa shape index (κ3) is 2.57. The van der Waals surface area contributed by atoms with Gasteiger partial charge in [-0.2, -0.15) is 0 Å². The number of nitrogens with one attached hydrogen (secondary N) is 1. The van der Waals surface area contributed by atoms with E-state index in [2.05, 4.69) is 10.3 Å². The molecule has 20 heavy (non-hydrogen) atoms. The fraction of sp³-hybridized carbons (Fsp3) is 0.400. The van der Waals surface area contributed by atoms with Gasteiger partial charge < -0.3 is 5.32 Å². The number of fused-ring (bicyclic) bond motifs is 1. The van der Waals surface area contributed by atoms with E-state index >= 15 is 0 Å². The van der Waals surface area contributed by atoms with Gasteiger partial charge in [-0.15, -0.1) is 0 Å². The molecular weight excluding hydrogens is 265 g/mol. The maximum atomic E-state index is 14.0. The van der Waals surface area contributed by atoms with Crippen molar-refractivity contribution in [1.29, 1.82) is 0 Å². The Labute approximate surface area is 116 Å². The molecule has 0 bridgehead atoms. The summed E-state index contributed by atoms with van der Waals surface area (Å²) in [6.45, 7) is 6.38. The van der Waals surface area contributed by atoms with Gasteiger partial charge in [0.2, 0.25) is 0 Å². The lowest BCUT2D eigenvalue weighted by atomic mass is 10.1. The lowest BCUT2D eigenvalue weighted by Crippen LogP contribution is -2.06. The summed E-state index contributed by atoms with van der Waals surface area (Å²) in [5.74, 6) is -3.10. The van der Waals surface area contributed by atoms with Crippen molar-refractivity contribution in [3.63, 3.8) is 0 Å². The summed E-state index contributed by atoms with van der Waals surface area (Å²) < 4.78 is 41.2. The van der Waals surface area contributed by atoms with Gasteiger partial charge in [-0.25, -0.2) is 18.2 Å². The molecule has 5 heteroatoms. The van der Waals surface area contributed by atoms with Crippen LogP contribution >= 0.6 is 0 Å². The zero-order valence-corrected chi connectivity index (χ0v) is 11.7. The number of aromatic nitrogens is 1. The van der Waals surface area contributed by atoms with Crippen LogP contribution in [0.5, 0.6) is 0 Å². The van der Waals surface area contributed by atoms with Gasteiger partial charge in [0, 0.05) is 24.0 Å². The van der Waals surface area contributed by atoms with Gasteiger partial charge in [-0.3, -0.25) is 0 Å². The first-order chi connectivity index (χ1) is 9.45. The van der Waals surface area contributed by atoms with Gasteiger partial charge in [0.25, 0.3) is 0 Å². The van der Waals surface area contributed by atoms with Crippen molar-refractivity contribution in [2.45, 2.75) is 33.1 Å². The standard InChI is InChI=1S/C15H17F3N2/c1-4-5-19-12-7-11(8(2)3)20-15-13(12)9(16)6-10(17)14(15)18/h6-8H,4-5H2,1-3H3,(H,19,20).